The van der Waals surface area contributed by atoms with E-state index < -0.39 is 12.0 Å². The van der Waals surface area contributed by atoms with Crippen molar-refractivity contribution in [1.29, 1.82) is 0 Å². The zero-order valence-electron chi connectivity index (χ0n) is 11.8. The van der Waals surface area contributed by atoms with Gasteiger partial charge in [0.05, 0.1) is 5.37 Å². The molecule has 0 spiro atoms. The molecule has 1 N–H and O–H groups in total. The number of rotatable bonds is 5. The highest BCUT2D eigenvalue weighted by atomic mass is 32.2. The first kappa shape index (κ1) is 15.9. The predicted octanol–water partition coefficient (Wildman–Crippen LogP) is 2.24. The molecule has 0 aromatic carbocycles. The minimum Gasteiger partial charge on any atom is -0.480 e. The number of hydrogen-bond donors (Lipinski definition) is 1. The number of carboxylic acids is 1. The molecule has 5 nitrogen and oxygen atoms in total. The number of thioether (sulfide) groups is 1. The van der Waals surface area contributed by atoms with Crippen LogP contribution in [-0.2, 0) is 4.79 Å². The van der Waals surface area contributed by atoms with Crippen LogP contribution in [0.15, 0.2) is 12.2 Å². The zero-order valence-corrected chi connectivity index (χ0v) is 12.6. The van der Waals surface area contributed by atoms with Crippen LogP contribution < -0.4 is 0 Å². The van der Waals surface area contributed by atoms with Crippen molar-refractivity contribution >= 4 is 23.8 Å². The van der Waals surface area contributed by atoms with Gasteiger partial charge in [0.2, 0.25) is 0 Å². The molecular formula is C13H22N2O3S. The molecule has 0 radical (unpaired) electrons. The second-order valence-electron chi connectivity index (χ2n) is 4.71. The first-order chi connectivity index (χ1) is 8.92. The molecule has 0 aromatic heterocycles. The lowest BCUT2D eigenvalue weighted by atomic mass is 10.2. The van der Waals surface area contributed by atoms with Gasteiger partial charge in [0, 0.05) is 18.8 Å². The van der Waals surface area contributed by atoms with Crippen LogP contribution in [0.25, 0.3) is 0 Å². The SMILES string of the molecule is C=C(C)CN(CC)C(=O)N1C(CC)SCC1C(=O)O. The summed E-state index contributed by atoms with van der Waals surface area (Å²) in [5.41, 5.74) is 0.891. The summed E-state index contributed by atoms with van der Waals surface area (Å²) in [5, 5.41) is 9.19. The van der Waals surface area contributed by atoms with Crippen LogP contribution in [0, 0.1) is 0 Å². The number of aliphatic carboxylic acids is 1. The lowest BCUT2D eigenvalue weighted by Crippen LogP contribution is -2.51. The second-order valence-corrected chi connectivity index (χ2v) is 5.92. The van der Waals surface area contributed by atoms with Gasteiger partial charge in [0.15, 0.2) is 0 Å². The lowest BCUT2D eigenvalue weighted by molar-refractivity contribution is -0.141. The summed E-state index contributed by atoms with van der Waals surface area (Å²) < 4.78 is 0. The number of likely N-dealkylation sites (N-methyl/N-ethyl adjacent to an activating group) is 1. The van der Waals surface area contributed by atoms with Gasteiger partial charge in [-0.2, -0.15) is 0 Å². The molecule has 1 heterocycles. The van der Waals surface area contributed by atoms with E-state index in [1.807, 2.05) is 20.8 Å². The highest BCUT2D eigenvalue weighted by Gasteiger charge is 2.42. The van der Waals surface area contributed by atoms with Crippen LogP contribution in [0.3, 0.4) is 0 Å². The Morgan fingerprint density at radius 1 is 1.47 bits per heavy atom. The Kier molecular flexibility index (Phi) is 5.72. The largest absolute Gasteiger partial charge is 0.480 e. The smallest absolute Gasteiger partial charge is 0.327 e. The van der Waals surface area contributed by atoms with Crippen LogP contribution >= 0.6 is 11.8 Å². The van der Waals surface area contributed by atoms with Crippen molar-refractivity contribution < 1.29 is 14.7 Å². The van der Waals surface area contributed by atoms with E-state index in [-0.39, 0.29) is 11.4 Å². The fraction of sp³-hybridized carbons (Fsp3) is 0.692. The molecule has 0 saturated carbocycles. The summed E-state index contributed by atoms with van der Waals surface area (Å²) >= 11 is 1.54. The van der Waals surface area contributed by atoms with Gasteiger partial charge < -0.3 is 10.0 Å². The Bertz CT molecular complexity index is 373. The predicted molar refractivity (Wildman–Crippen MR) is 77.3 cm³/mol. The van der Waals surface area contributed by atoms with Gasteiger partial charge in [0.25, 0.3) is 0 Å². The molecule has 0 aromatic rings. The van der Waals surface area contributed by atoms with Crippen LogP contribution in [-0.4, -0.2) is 57.2 Å². The van der Waals surface area contributed by atoms with Crippen molar-refractivity contribution in [3.05, 3.63) is 12.2 Å². The molecule has 0 bridgehead atoms. The maximum Gasteiger partial charge on any atom is 0.327 e. The van der Waals surface area contributed by atoms with Crippen molar-refractivity contribution in [2.24, 2.45) is 0 Å². The number of hydrogen-bond acceptors (Lipinski definition) is 3. The molecule has 1 fully saturated rings. The number of carbonyl (C=O) groups is 2. The number of carbonyl (C=O) groups excluding carboxylic acids is 1. The van der Waals surface area contributed by atoms with E-state index in [1.165, 1.54) is 16.7 Å². The number of carboxylic acid groups (broad SMARTS) is 1. The van der Waals surface area contributed by atoms with E-state index >= 15 is 0 Å². The Hall–Kier alpha value is -1.17. The monoisotopic (exact) mass is 286 g/mol. The van der Waals surface area contributed by atoms with E-state index in [2.05, 4.69) is 6.58 Å². The molecule has 2 amide bonds. The Morgan fingerprint density at radius 3 is 2.53 bits per heavy atom. The third-order valence-corrected chi connectivity index (χ3v) is 4.51. The summed E-state index contributed by atoms with van der Waals surface area (Å²) in [6.45, 7) is 10.6. The fourth-order valence-electron chi connectivity index (χ4n) is 2.13. The van der Waals surface area contributed by atoms with Gasteiger partial charge in [0.1, 0.15) is 6.04 Å². The molecule has 2 unspecified atom stereocenters. The molecule has 1 aliphatic rings. The van der Waals surface area contributed by atoms with Crippen LogP contribution in [0.5, 0.6) is 0 Å². The highest BCUT2D eigenvalue weighted by Crippen LogP contribution is 2.32. The summed E-state index contributed by atoms with van der Waals surface area (Å²) in [6.07, 6.45) is 0.755. The van der Waals surface area contributed by atoms with Crippen LogP contribution in [0.1, 0.15) is 27.2 Å². The normalized spacial score (nSPS) is 22.4. The average Bonchev–Trinajstić information content (AvgIpc) is 2.78. The van der Waals surface area contributed by atoms with Crippen molar-refractivity contribution in [2.45, 2.75) is 38.6 Å². The number of amides is 2. The van der Waals surface area contributed by atoms with Crippen LogP contribution in [0.4, 0.5) is 4.79 Å². The molecule has 19 heavy (non-hydrogen) atoms. The first-order valence-electron chi connectivity index (χ1n) is 6.48. The van der Waals surface area contributed by atoms with E-state index in [9.17, 15) is 14.7 Å². The summed E-state index contributed by atoms with van der Waals surface area (Å²) in [5.74, 6) is -0.465. The van der Waals surface area contributed by atoms with Gasteiger partial charge in [-0.15, -0.1) is 11.8 Å². The van der Waals surface area contributed by atoms with Gasteiger partial charge in [-0.1, -0.05) is 19.1 Å². The molecule has 2 atom stereocenters. The Morgan fingerprint density at radius 2 is 2.11 bits per heavy atom. The quantitative estimate of drug-likeness (QED) is 0.787. The number of urea groups is 1. The number of nitrogens with zero attached hydrogens (tertiary/aromatic N) is 2. The maximum atomic E-state index is 12.5. The minimum atomic E-state index is -0.928. The molecular weight excluding hydrogens is 264 g/mol. The lowest BCUT2D eigenvalue weighted by Gasteiger charge is -2.32. The van der Waals surface area contributed by atoms with Crippen molar-refractivity contribution in [3.63, 3.8) is 0 Å². The van der Waals surface area contributed by atoms with Gasteiger partial charge in [-0.3, -0.25) is 4.90 Å². The topological polar surface area (TPSA) is 60.9 Å². The van der Waals surface area contributed by atoms with Crippen molar-refractivity contribution in [3.8, 4) is 0 Å². The standard InChI is InChI=1S/C13H22N2O3S/c1-5-11-15(10(8-19-11)12(16)17)13(18)14(6-2)7-9(3)4/h10-11H,3,5-8H2,1-2,4H3,(H,16,17). The summed E-state index contributed by atoms with van der Waals surface area (Å²) in [6, 6.07) is -0.920. The summed E-state index contributed by atoms with van der Waals surface area (Å²) in [7, 11) is 0. The molecule has 1 rings (SSSR count). The fourth-order valence-corrected chi connectivity index (χ4v) is 3.47. The van der Waals surface area contributed by atoms with Crippen molar-refractivity contribution in [2.75, 3.05) is 18.8 Å². The molecule has 0 aliphatic carbocycles. The third-order valence-electron chi connectivity index (χ3n) is 3.06. The molecule has 1 aliphatic heterocycles. The minimum absolute atomic E-state index is 0.0484. The average molecular weight is 286 g/mol. The zero-order chi connectivity index (χ0) is 14.6. The second kappa shape index (κ2) is 6.84. The van der Waals surface area contributed by atoms with Gasteiger partial charge >= 0.3 is 12.0 Å². The van der Waals surface area contributed by atoms with Gasteiger partial charge in [-0.05, 0) is 20.3 Å². The van der Waals surface area contributed by atoms with Crippen LogP contribution in [0.2, 0.25) is 0 Å². The third kappa shape index (κ3) is 3.65. The Labute approximate surface area is 118 Å². The Balaban J connectivity index is 2.90. The van der Waals surface area contributed by atoms with E-state index in [4.69, 9.17) is 0 Å². The molecule has 6 heteroatoms. The van der Waals surface area contributed by atoms with Gasteiger partial charge in [-0.25, -0.2) is 9.59 Å². The first-order valence-corrected chi connectivity index (χ1v) is 7.53. The van der Waals surface area contributed by atoms with Crippen molar-refractivity contribution in [1.82, 2.24) is 9.80 Å². The summed E-state index contributed by atoms with van der Waals surface area (Å²) in [4.78, 5) is 27.0. The molecule has 108 valence electrons. The highest BCUT2D eigenvalue weighted by molar-refractivity contribution is 8.00. The maximum absolute atomic E-state index is 12.5. The van der Waals surface area contributed by atoms with E-state index in [0.717, 1.165) is 12.0 Å². The van der Waals surface area contributed by atoms with E-state index in [1.54, 1.807) is 4.90 Å². The molecule has 1 saturated heterocycles. The van der Waals surface area contributed by atoms with E-state index in [0.29, 0.717) is 18.8 Å².